The number of hydrogen-bond acceptors (Lipinski definition) is 4. The average Bonchev–Trinajstić information content (AvgIpc) is 3.04. The number of carbonyl (C=O) groups excluding carboxylic acids is 1. The molecule has 0 spiro atoms. The zero-order valence-corrected chi connectivity index (χ0v) is 13.6. The third-order valence-corrected chi connectivity index (χ3v) is 4.27. The van der Waals surface area contributed by atoms with Gasteiger partial charge in [-0.05, 0) is 41.9 Å². The molecule has 20 heavy (non-hydrogen) atoms. The minimum absolute atomic E-state index is 0.0236. The molecule has 0 aromatic carbocycles. The van der Waals surface area contributed by atoms with Crippen molar-refractivity contribution < 1.29 is 13.9 Å². The van der Waals surface area contributed by atoms with Gasteiger partial charge in [0.1, 0.15) is 0 Å². The second kappa shape index (κ2) is 7.24. The first-order chi connectivity index (χ1) is 9.63. The number of likely N-dealkylation sites (N-methyl/N-ethyl adjacent to an activating group) is 1. The zero-order valence-electron chi connectivity index (χ0n) is 12.0. The number of hydrogen-bond donors (Lipinski definition) is 0. The van der Waals surface area contributed by atoms with Crippen LogP contribution in [0.3, 0.4) is 0 Å². The fourth-order valence-electron chi connectivity index (χ4n) is 2.57. The summed E-state index contributed by atoms with van der Waals surface area (Å²) in [5.41, 5.74) is 0. The van der Waals surface area contributed by atoms with E-state index in [1.165, 1.54) is 6.26 Å². The van der Waals surface area contributed by atoms with Crippen molar-refractivity contribution in [2.24, 2.45) is 0 Å². The summed E-state index contributed by atoms with van der Waals surface area (Å²) >= 11 is 3.35. The van der Waals surface area contributed by atoms with Gasteiger partial charge in [0.25, 0.3) is 5.91 Å². The van der Waals surface area contributed by atoms with E-state index in [1.807, 2.05) is 4.90 Å². The van der Waals surface area contributed by atoms with Crippen molar-refractivity contribution in [2.75, 3.05) is 40.4 Å². The lowest BCUT2D eigenvalue weighted by atomic mass is 10.2. The van der Waals surface area contributed by atoms with Crippen LogP contribution >= 0.6 is 15.9 Å². The third-order valence-electron chi connectivity index (χ3n) is 3.65. The first-order valence-electron chi connectivity index (χ1n) is 6.85. The molecular formula is C14H21BrN2O3. The molecule has 1 amide bonds. The van der Waals surface area contributed by atoms with Crippen molar-refractivity contribution in [1.29, 1.82) is 0 Å². The lowest BCUT2D eigenvalue weighted by Gasteiger charge is -2.28. The van der Waals surface area contributed by atoms with Crippen molar-refractivity contribution in [3.8, 4) is 0 Å². The maximum absolute atomic E-state index is 12.5. The number of halogens is 1. The number of carbonyl (C=O) groups is 1. The molecule has 1 unspecified atom stereocenters. The monoisotopic (exact) mass is 344 g/mol. The number of ether oxygens (including phenoxy) is 1. The van der Waals surface area contributed by atoms with E-state index < -0.39 is 0 Å². The van der Waals surface area contributed by atoms with E-state index in [0.29, 0.717) is 12.4 Å². The van der Waals surface area contributed by atoms with Gasteiger partial charge in [-0.1, -0.05) is 0 Å². The first kappa shape index (κ1) is 15.5. The van der Waals surface area contributed by atoms with Crippen molar-refractivity contribution in [3.63, 3.8) is 0 Å². The van der Waals surface area contributed by atoms with Gasteiger partial charge in [0, 0.05) is 32.8 Å². The standard InChI is InChI=1S/C14H21BrN2O3/c1-16(7-9-19-2)10-11-4-3-6-17(11)14(18)13-12(15)5-8-20-13/h5,8,11H,3-4,6-7,9-10H2,1-2H3. The highest BCUT2D eigenvalue weighted by Gasteiger charge is 2.32. The Labute approximate surface area is 128 Å². The van der Waals surface area contributed by atoms with Crippen LogP contribution in [0.1, 0.15) is 23.4 Å². The normalized spacial score (nSPS) is 19.0. The number of amides is 1. The van der Waals surface area contributed by atoms with E-state index in [4.69, 9.17) is 9.15 Å². The van der Waals surface area contributed by atoms with Crippen LogP contribution in [-0.2, 0) is 4.74 Å². The van der Waals surface area contributed by atoms with Crippen molar-refractivity contribution >= 4 is 21.8 Å². The number of likely N-dealkylation sites (tertiary alicyclic amines) is 1. The van der Waals surface area contributed by atoms with Crippen LogP contribution in [0.25, 0.3) is 0 Å². The summed E-state index contributed by atoms with van der Waals surface area (Å²) in [6.45, 7) is 3.25. The minimum atomic E-state index is -0.0236. The van der Waals surface area contributed by atoms with Gasteiger partial charge in [0.15, 0.2) is 0 Å². The second-order valence-electron chi connectivity index (χ2n) is 5.15. The number of methoxy groups -OCH3 is 1. The molecule has 6 heteroatoms. The first-order valence-corrected chi connectivity index (χ1v) is 7.64. The molecule has 1 atom stereocenters. The third kappa shape index (κ3) is 3.62. The summed E-state index contributed by atoms with van der Waals surface area (Å²) < 4.78 is 11.1. The highest BCUT2D eigenvalue weighted by atomic mass is 79.9. The summed E-state index contributed by atoms with van der Waals surface area (Å²) in [6, 6.07) is 2.00. The molecule has 2 heterocycles. The summed E-state index contributed by atoms with van der Waals surface area (Å²) in [5.74, 6) is 0.376. The van der Waals surface area contributed by atoms with Crippen molar-refractivity contribution in [2.45, 2.75) is 18.9 Å². The molecule has 1 fully saturated rings. The van der Waals surface area contributed by atoms with E-state index >= 15 is 0 Å². The number of furan rings is 1. The molecule has 1 aliphatic rings. The quantitative estimate of drug-likeness (QED) is 0.793. The Morgan fingerprint density at radius 2 is 2.45 bits per heavy atom. The second-order valence-corrected chi connectivity index (χ2v) is 6.00. The molecule has 0 saturated carbocycles. The minimum Gasteiger partial charge on any atom is -0.458 e. The molecule has 2 rings (SSSR count). The Hall–Kier alpha value is -0.850. The van der Waals surface area contributed by atoms with Crippen LogP contribution in [0.2, 0.25) is 0 Å². The summed E-state index contributed by atoms with van der Waals surface area (Å²) in [4.78, 5) is 16.6. The van der Waals surface area contributed by atoms with Gasteiger partial charge in [0.2, 0.25) is 5.76 Å². The molecule has 1 aliphatic heterocycles. The zero-order chi connectivity index (χ0) is 14.5. The van der Waals surface area contributed by atoms with Crippen LogP contribution in [0.4, 0.5) is 0 Å². The highest BCUT2D eigenvalue weighted by molar-refractivity contribution is 9.10. The Kier molecular flexibility index (Phi) is 5.63. The van der Waals surface area contributed by atoms with Gasteiger partial charge >= 0.3 is 0 Å². The van der Waals surface area contributed by atoms with Crippen LogP contribution in [0.15, 0.2) is 21.2 Å². The highest BCUT2D eigenvalue weighted by Crippen LogP contribution is 2.25. The maximum atomic E-state index is 12.5. The molecule has 1 saturated heterocycles. The Morgan fingerprint density at radius 3 is 3.10 bits per heavy atom. The smallest absolute Gasteiger partial charge is 0.291 e. The predicted octanol–water partition coefficient (Wildman–Crippen LogP) is 2.22. The molecule has 112 valence electrons. The molecular weight excluding hydrogens is 324 g/mol. The Balaban J connectivity index is 1.97. The van der Waals surface area contributed by atoms with E-state index in [1.54, 1.807) is 13.2 Å². The molecule has 0 N–H and O–H groups in total. The van der Waals surface area contributed by atoms with Crippen molar-refractivity contribution in [1.82, 2.24) is 9.80 Å². The van der Waals surface area contributed by atoms with Crippen LogP contribution in [0.5, 0.6) is 0 Å². The summed E-state index contributed by atoms with van der Waals surface area (Å²) in [5, 5.41) is 0. The summed E-state index contributed by atoms with van der Waals surface area (Å²) in [7, 11) is 3.76. The molecule has 1 aromatic heterocycles. The van der Waals surface area contributed by atoms with Gasteiger partial charge in [-0.2, -0.15) is 0 Å². The fraction of sp³-hybridized carbons (Fsp3) is 0.643. The van der Waals surface area contributed by atoms with E-state index in [9.17, 15) is 4.79 Å². The predicted molar refractivity (Wildman–Crippen MR) is 79.8 cm³/mol. The Morgan fingerprint density at radius 1 is 1.65 bits per heavy atom. The van der Waals surface area contributed by atoms with E-state index in [0.717, 1.165) is 36.9 Å². The van der Waals surface area contributed by atoms with E-state index in [2.05, 4.69) is 27.9 Å². The van der Waals surface area contributed by atoms with Crippen LogP contribution in [0, 0.1) is 0 Å². The van der Waals surface area contributed by atoms with Crippen LogP contribution < -0.4 is 0 Å². The molecule has 1 aromatic rings. The largest absolute Gasteiger partial charge is 0.458 e. The molecule has 0 bridgehead atoms. The maximum Gasteiger partial charge on any atom is 0.291 e. The summed E-state index contributed by atoms with van der Waals surface area (Å²) in [6.07, 6.45) is 3.63. The van der Waals surface area contributed by atoms with Crippen molar-refractivity contribution in [3.05, 3.63) is 22.6 Å². The number of rotatable bonds is 6. The van der Waals surface area contributed by atoms with Gasteiger partial charge in [0.05, 0.1) is 17.3 Å². The van der Waals surface area contributed by atoms with Gasteiger partial charge < -0.3 is 19.0 Å². The topological polar surface area (TPSA) is 45.9 Å². The van der Waals surface area contributed by atoms with E-state index in [-0.39, 0.29) is 11.9 Å². The molecule has 0 aliphatic carbocycles. The fourth-order valence-corrected chi connectivity index (χ4v) is 2.94. The SMILES string of the molecule is COCCN(C)CC1CCCN1C(=O)c1occc1Br. The molecule has 0 radical (unpaired) electrons. The lowest BCUT2D eigenvalue weighted by Crippen LogP contribution is -2.42. The lowest BCUT2D eigenvalue weighted by molar-refractivity contribution is 0.0665. The van der Waals surface area contributed by atoms with Gasteiger partial charge in [-0.15, -0.1) is 0 Å². The molecule has 5 nitrogen and oxygen atoms in total. The number of nitrogens with zero attached hydrogens (tertiary/aromatic N) is 2. The van der Waals surface area contributed by atoms with Crippen LogP contribution in [-0.4, -0.2) is 62.1 Å². The van der Waals surface area contributed by atoms with Gasteiger partial charge in [-0.3, -0.25) is 4.79 Å². The van der Waals surface area contributed by atoms with Gasteiger partial charge in [-0.25, -0.2) is 0 Å². The Bertz CT molecular complexity index is 449. The average molecular weight is 345 g/mol.